The molecule has 106 valence electrons. The maximum absolute atomic E-state index is 11.4. The van der Waals surface area contributed by atoms with Crippen molar-refractivity contribution in [1.82, 2.24) is 9.97 Å². The summed E-state index contributed by atoms with van der Waals surface area (Å²) in [6.07, 6.45) is 1.39. The van der Waals surface area contributed by atoms with Gasteiger partial charge in [-0.15, -0.1) is 0 Å². The smallest absolute Gasteiger partial charge is 0.371 e. The number of aromatic nitrogens is 2. The van der Waals surface area contributed by atoms with Crippen molar-refractivity contribution in [3.05, 3.63) is 35.5 Å². The standard InChI is InChI=1S/C12H12N2O5S/c1-2-18-11(17)8-5-13-12(14-8)20-6-7-3-4-9(19-7)10(15)16/h3-5H,2,6H2,1H3,(H,13,14)(H,15,16). The van der Waals surface area contributed by atoms with Crippen LogP contribution in [0.15, 0.2) is 27.9 Å². The second kappa shape index (κ2) is 6.29. The van der Waals surface area contributed by atoms with Gasteiger partial charge in [0.05, 0.1) is 18.6 Å². The fourth-order valence-corrected chi connectivity index (χ4v) is 2.14. The predicted octanol–water partition coefficient (Wildman–Crippen LogP) is 2.17. The molecule has 0 fully saturated rings. The van der Waals surface area contributed by atoms with E-state index >= 15 is 0 Å². The van der Waals surface area contributed by atoms with E-state index in [2.05, 4.69) is 9.97 Å². The number of aromatic carboxylic acids is 1. The molecule has 0 radical (unpaired) electrons. The monoisotopic (exact) mass is 296 g/mol. The molecular formula is C12H12N2O5S. The number of carbonyl (C=O) groups is 2. The predicted molar refractivity (Wildman–Crippen MR) is 69.8 cm³/mol. The minimum Gasteiger partial charge on any atom is -0.475 e. The Kier molecular flexibility index (Phi) is 4.46. The lowest BCUT2D eigenvalue weighted by Gasteiger charge is -1.97. The molecule has 8 heteroatoms. The molecule has 0 aromatic carbocycles. The van der Waals surface area contributed by atoms with Gasteiger partial charge in [-0.05, 0) is 19.1 Å². The van der Waals surface area contributed by atoms with Crippen molar-refractivity contribution < 1.29 is 23.8 Å². The minimum atomic E-state index is -1.11. The fourth-order valence-electron chi connectivity index (χ4n) is 1.40. The van der Waals surface area contributed by atoms with Crippen LogP contribution in [0, 0.1) is 0 Å². The molecule has 0 amide bonds. The third-order valence-electron chi connectivity index (χ3n) is 2.27. The first-order valence-corrected chi connectivity index (χ1v) is 6.75. The van der Waals surface area contributed by atoms with E-state index in [0.29, 0.717) is 23.3 Å². The number of carboxylic acids is 1. The van der Waals surface area contributed by atoms with Gasteiger partial charge in [0.2, 0.25) is 5.76 Å². The van der Waals surface area contributed by atoms with E-state index in [0.717, 1.165) is 0 Å². The SMILES string of the molecule is CCOC(=O)c1cnc(SCc2ccc(C(=O)O)o2)[nH]1. The summed E-state index contributed by atoms with van der Waals surface area (Å²) in [4.78, 5) is 28.9. The first kappa shape index (κ1) is 14.2. The van der Waals surface area contributed by atoms with E-state index in [4.69, 9.17) is 14.3 Å². The Morgan fingerprint density at radius 2 is 2.30 bits per heavy atom. The van der Waals surface area contributed by atoms with Gasteiger partial charge in [-0.2, -0.15) is 0 Å². The Hall–Kier alpha value is -2.22. The number of carboxylic acid groups (broad SMARTS) is 1. The van der Waals surface area contributed by atoms with Crippen LogP contribution in [0.5, 0.6) is 0 Å². The second-order valence-electron chi connectivity index (χ2n) is 3.68. The largest absolute Gasteiger partial charge is 0.475 e. The molecule has 2 aromatic heterocycles. The topological polar surface area (TPSA) is 105 Å². The van der Waals surface area contributed by atoms with Crippen LogP contribution in [0.25, 0.3) is 0 Å². The van der Waals surface area contributed by atoms with Crippen molar-refractivity contribution >= 4 is 23.7 Å². The summed E-state index contributed by atoms with van der Waals surface area (Å²) in [5, 5.41) is 9.26. The summed E-state index contributed by atoms with van der Waals surface area (Å²) in [6.45, 7) is 2.02. The van der Waals surface area contributed by atoms with Crippen molar-refractivity contribution in [3.63, 3.8) is 0 Å². The number of hydrogen-bond donors (Lipinski definition) is 2. The Morgan fingerprint density at radius 1 is 1.50 bits per heavy atom. The zero-order valence-corrected chi connectivity index (χ0v) is 11.4. The van der Waals surface area contributed by atoms with E-state index in [9.17, 15) is 9.59 Å². The van der Waals surface area contributed by atoms with Gasteiger partial charge in [0.15, 0.2) is 5.16 Å². The molecule has 0 bridgehead atoms. The van der Waals surface area contributed by atoms with Gasteiger partial charge in [0, 0.05) is 0 Å². The van der Waals surface area contributed by atoms with Crippen LogP contribution >= 0.6 is 11.8 Å². The van der Waals surface area contributed by atoms with E-state index in [1.807, 2.05) is 0 Å². The van der Waals surface area contributed by atoms with Gasteiger partial charge in [-0.3, -0.25) is 0 Å². The number of rotatable bonds is 6. The molecule has 0 saturated heterocycles. The number of aromatic amines is 1. The van der Waals surface area contributed by atoms with Crippen molar-refractivity contribution in [2.75, 3.05) is 6.61 Å². The summed E-state index contributed by atoms with van der Waals surface area (Å²) in [6, 6.07) is 2.98. The van der Waals surface area contributed by atoms with Crippen molar-refractivity contribution in [2.24, 2.45) is 0 Å². The zero-order valence-electron chi connectivity index (χ0n) is 10.6. The normalized spacial score (nSPS) is 10.4. The molecule has 0 unspecified atom stereocenters. The van der Waals surface area contributed by atoms with Crippen molar-refractivity contribution in [3.8, 4) is 0 Å². The Bertz CT molecular complexity index is 619. The van der Waals surface area contributed by atoms with Crippen LogP contribution in [-0.4, -0.2) is 33.6 Å². The summed E-state index contributed by atoms with van der Waals surface area (Å²) in [7, 11) is 0. The van der Waals surface area contributed by atoms with Gasteiger partial charge >= 0.3 is 11.9 Å². The van der Waals surface area contributed by atoms with Crippen LogP contribution in [0.3, 0.4) is 0 Å². The highest BCUT2D eigenvalue weighted by molar-refractivity contribution is 7.98. The molecule has 2 aromatic rings. The molecule has 2 rings (SSSR count). The van der Waals surface area contributed by atoms with E-state index in [1.165, 1.54) is 24.0 Å². The number of nitrogens with one attached hydrogen (secondary N) is 1. The van der Waals surface area contributed by atoms with Gasteiger partial charge in [0.1, 0.15) is 11.5 Å². The number of H-pyrrole nitrogens is 1. The summed E-state index contributed by atoms with van der Waals surface area (Å²) in [5.74, 6) is -0.751. The summed E-state index contributed by atoms with van der Waals surface area (Å²) >= 11 is 1.29. The average molecular weight is 296 g/mol. The Labute approximate surface area is 118 Å². The Morgan fingerprint density at radius 3 is 2.95 bits per heavy atom. The molecule has 20 heavy (non-hydrogen) atoms. The third-order valence-corrected chi connectivity index (χ3v) is 3.18. The van der Waals surface area contributed by atoms with Crippen LogP contribution in [-0.2, 0) is 10.5 Å². The number of carbonyl (C=O) groups excluding carboxylic acids is 1. The van der Waals surface area contributed by atoms with Crippen LogP contribution < -0.4 is 0 Å². The molecule has 7 nitrogen and oxygen atoms in total. The Balaban J connectivity index is 1.93. The van der Waals surface area contributed by atoms with Gasteiger partial charge in [-0.25, -0.2) is 14.6 Å². The average Bonchev–Trinajstić information content (AvgIpc) is 3.06. The number of thioether (sulfide) groups is 1. The number of furan rings is 1. The molecular weight excluding hydrogens is 284 g/mol. The maximum atomic E-state index is 11.4. The van der Waals surface area contributed by atoms with Crippen LogP contribution in [0.2, 0.25) is 0 Å². The lowest BCUT2D eigenvalue weighted by molar-refractivity contribution is 0.0519. The first-order valence-electron chi connectivity index (χ1n) is 5.77. The molecule has 0 spiro atoms. The molecule has 0 aliphatic rings. The molecule has 2 heterocycles. The lowest BCUT2D eigenvalue weighted by atomic mass is 10.4. The number of nitrogens with zero attached hydrogens (tertiary/aromatic N) is 1. The van der Waals surface area contributed by atoms with E-state index in [-0.39, 0.29) is 11.5 Å². The first-order chi connectivity index (χ1) is 9.60. The summed E-state index contributed by atoms with van der Waals surface area (Å²) < 4.78 is 9.94. The fraction of sp³-hybridized carbons (Fsp3) is 0.250. The number of ether oxygens (including phenoxy) is 1. The molecule has 0 atom stereocenters. The molecule has 2 N–H and O–H groups in total. The van der Waals surface area contributed by atoms with Crippen LogP contribution in [0.1, 0.15) is 33.7 Å². The number of esters is 1. The van der Waals surface area contributed by atoms with E-state index in [1.54, 1.807) is 13.0 Å². The second-order valence-corrected chi connectivity index (χ2v) is 4.65. The molecule has 0 aliphatic heterocycles. The molecule has 0 saturated carbocycles. The number of hydrogen-bond acceptors (Lipinski definition) is 6. The zero-order chi connectivity index (χ0) is 14.5. The molecule has 0 aliphatic carbocycles. The number of imidazole rings is 1. The maximum Gasteiger partial charge on any atom is 0.371 e. The highest BCUT2D eigenvalue weighted by atomic mass is 32.2. The lowest BCUT2D eigenvalue weighted by Crippen LogP contribution is -2.04. The minimum absolute atomic E-state index is 0.104. The highest BCUT2D eigenvalue weighted by Crippen LogP contribution is 2.21. The van der Waals surface area contributed by atoms with Crippen molar-refractivity contribution in [1.29, 1.82) is 0 Å². The van der Waals surface area contributed by atoms with E-state index < -0.39 is 11.9 Å². The third kappa shape index (κ3) is 3.41. The van der Waals surface area contributed by atoms with Gasteiger partial charge < -0.3 is 19.2 Å². The van der Waals surface area contributed by atoms with Crippen LogP contribution in [0.4, 0.5) is 0 Å². The quantitative estimate of drug-likeness (QED) is 0.621. The van der Waals surface area contributed by atoms with Gasteiger partial charge in [0.25, 0.3) is 0 Å². The van der Waals surface area contributed by atoms with Crippen molar-refractivity contribution in [2.45, 2.75) is 17.8 Å². The highest BCUT2D eigenvalue weighted by Gasteiger charge is 2.12. The van der Waals surface area contributed by atoms with Gasteiger partial charge in [-0.1, -0.05) is 11.8 Å². The summed E-state index contributed by atoms with van der Waals surface area (Å²) in [5.41, 5.74) is 0.278.